The van der Waals surface area contributed by atoms with Crippen LogP contribution in [0.5, 0.6) is 5.75 Å². The second kappa shape index (κ2) is 8.83. The van der Waals surface area contributed by atoms with Gasteiger partial charge in [-0.2, -0.15) is 0 Å². The Hall–Kier alpha value is -0.590. The van der Waals surface area contributed by atoms with E-state index in [0.717, 1.165) is 21.6 Å². The van der Waals surface area contributed by atoms with Crippen LogP contribution in [0, 0.1) is 0 Å². The van der Waals surface area contributed by atoms with Gasteiger partial charge in [-0.15, -0.1) is 11.3 Å². The SMILES string of the molecule is COc1ccc(P2(=S)CC(CC(c3cccs3)P(=S)(OC)OC)=NO2)cc1. The number of hydrogen-bond donors (Lipinski definition) is 0. The number of ether oxygens (including phenoxy) is 1. The van der Waals surface area contributed by atoms with Gasteiger partial charge in [-0.1, -0.05) is 11.2 Å². The Kier molecular flexibility index (Phi) is 6.91. The van der Waals surface area contributed by atoms with Gasteiger partial charge >= 0.3 is 0 Å². The molecule has 0 fully saturated rings. The molecule has 1 aromatic heterocycles. The predicted molar refractivity (Wildman–Crippen MR) is 120 cm³/mol. The lowest BCUT2D eigenvalue weighted by atomic mass is 10.2. The van der Waals surface area contributed by atoms with Crippen molar-refractivity contribution in [1.82, 2.24) is 0 Å². The van der Waals surface area contributed by atoms with Gasteiger partial charge in [-0.3, -0.25) is 0 Å². The van der Waals surface area contributed by atoms with Crippen LogP contribution in [0.15, 0.2) is 46.9 Å². The molecule has 0 N–H and O–H groups in total. The van der Waals surface area contributed by atoms with E-state index in [2.05, 4.69) is 11.2 Å². The normalized spacial score (nSPS) is 20.8. The maximum Gasteiger partial charge on any atom is 0.196 e. The minimum atomic E-state index is -2.49. The molecular weight excluding hydrogens is 440 g/mol. The lowest BCUT2D eigenvalue weighted by Gasteiger charge is -2.27. The summed E-state index contributed by atoms with van der Waals surface area (Å²) in [4.78, 5) is 1.13. The fourth-order valence-electron chi connectivity index (χ4n) is 2.87. The summed E-state index contributed by atoms with van der Waals surface area (Å²) in [6, 6.07) is 11.8. The van der Waals surface area contributed by atoms with E-state index < -0.39 is 12.8 Å². The van der Waals surface area contributed by atoms with Crippen LogP contribution in [0.25, 0.3) is 0 Å². The first-order chi connectivity index (χ1) is 12.9. The third kappa shape index (κ3) is 4.54. The maximum absolute atomic E-state index is 5.85. The molecule has 2 heterocycles. The van der Waals surface area contributed by atoms with Crippen molar-refractivity contribution in [2.45, 2.75) is 12.1 Å². The molecule has 0 saturated heterocycles. The van der Waals surface area contributed by atoms with E-state index in [1.54, 1.807) is 32.7 Å². The summed E-state index contributed by atoms with van der Waals surface area (Å²) in [5.41, 5.74) is 0.846. The average Bonchev–Trinajstić information content (AvgIpc) is 3.36. The van der Waals surface area contributed by atoms with Crippen molar-refractivity contribution in [2.75, 3.05) is 27.5 Å². The number of oxime groups is 1. The number of methoxy groups -OCH3 is 1. The van der Waals surface area contributed by atoms with E-state index in [1.807, 2.05) is 35.7 Å². The fraction of sp³-hybridized carbons (Fsp3) is 0.353. The first kappa shape index (κ1) is 21.1. The highest BCUT2D eigenvalue weighted by molar-refractivity contribution is 8.16. The van der Waals surface area contributed by atoms with Gasteiger partial charge in [-0.25, -0.2) is 0 Å². The smallest absolute Gasteiger partial charge is 0.196 e. The number of thiophene rings is 1. The van der Waals surface area contributed by atoms with Crippen LogP contribution >= 0.6 is 24.1 Å². The lowest BCUT2D eigenvalue weighted by Crippen LogP contribution is -2.12. The van der Waals surface area contributed by atoms with Gasteiger partial charge < -0.3 is 18.4 Å². The van der Waals surface area contributed by atoms with Gasteiger partial charge in [0.1, 0.15) is 5.75 Å². The molecule has 0 amide bonds. The summed E-state index contributed by atoms with van der Waals surface area (Å²) in [6.07, 6.45) is -0.994. The van der Waals surface area contributed by atoms with Crippen molar-refractivity contribution in [3.8, 4) is 5.75 Å². The van der Waals surface area contributed by atoms with Crippen molar-refractivity contribution in [2.24, 2.45) is 5.16 Å². The van der Waals surface area contributed by atoms with E-state index in [9.17, 15) is 0 Å². The van der Waals surface area contributed by atoms with Crippen LogP contribution in [0.3, 0.4) is 0 Å². The first-order valence-corrected chi connectivity index (χ1v) is 14.7. The van der Waals surface area contributed by atoms with Crippen molar-refractivity contribution in [3.05, 3.63) is 46.7 Å². The largest absolute Gasteiger partial charge is 0.497 e. The molecule has 146 valence electrons. The fourth-order valence-corrected chi connectivity index (χ4v) is 9.20. The maximum atomic E-state index is 5.85. The zero-order valence-corrected chi connectivity index (χ0v) is 19.5. The van der Waals surface area contributed by atoms with E-state index >= 15 is 0 Å². The van der Waals surface area contributed by atoms with Crippen LogP contribution < -0.4 is 10.0 Å². The van der Waals surface area contributed by atoms with Gasteiger partial charge in [0.25, 0.3) is 0 Å². The molecule has 1 aliphatic heterocycles. The predicted octanol–water partition coefficient (Wildman–Crippen LogP) is 4.90. The molecule has 0 bridgehead atoms. The topological polar surface area (TPSA) is 49.3 Å². The summed E-state index contributed by atoms with van der Waals surface area (Å²) in [5, 5.41) is 7.35. The van der Waals surface area contributed by atoms with Crippen molar-refractivity contribution in [1.29, 1.82) is 0 Å². The zero-order valence-electron chi connectivity index (χ0n) is 15.2. The van der Waals surface area contributed by atoms with Gasteiger partial charge in [0.15, 0.2) is 12.8 Å². The Morgan fingerprint density at radius 3 is 2.48 bits per heavy atom. The lowest BCUT2D eigenvalue weighted by molar-refractivity contribution is 0.328. The van der Waals surface area contributed by atoms with Crippen LogP contribution in [0.1, 0.15) is 17.0 Å². The summed E-state index contributed by atoms with van der Waals surface area (Å²) in [5.74, 6) is 0.791. The number of hydrogen-bond acceptors (Lipinski definition) is 8. The number of benzene rings is 1. The molecule has 1 aromatic carbocycles. The average molecular weight is 462 g/mol. The molecule has 2 aromatic rings. The molecule has 5 nitrogen and oxygen atoms in total. The molecule has 2 atom stereocenters. The second-order valence-electron chi connectivity index (χ2n) is 5.91. The Labute approximate surface area is 173 Å². The third-order valence-electron chi connectivity index (χ3n) is 4.35. The molecule has 2 unspecified atom stereocenters. The monoisotopic (exact) mass is 461 g/mol. The van der Waals surface area contributed by atoms with Crippen LogP contribution in [-0.2, 0) is 37.3 Å². The molecule has 3 rings (SSSR count). The Balaban J connectivity index is 1.80. The molecule has 0 radical (unpaired) electrons. The Morgan fingerprint density at radius 1 is 1.22 bits per heavy atom. The zero-order chi connectivity index (χ0) is 19.5. The van der Waals surface area contributed by atoms with Crippen molar-refractivity contribution in [3.63, 3.8) is 0 Å². The molecule has 10 heteroatoms. The van der Waals surface area contributed by atoms with Crippen molar-refractivity contribution >= 4 is 58.7 Å². The Bertz CT molecular complexity index is 891. The van der Waals surface area contributed by atoms with Gasteiger partial charge in [0, 0.05) is 30.8 Å². The molecule has 0 saturated carbocycles. The second-order valence-corrected chi connectivity index (χ2v) is 15.0. The number of nitrogens with zero attached hydrogens (tertiary/aromatic N) is 1. The molecule has 27 heavy (non-hydrogen) atoms. The van der Waals surface area contributed by atoms with Crippen molar-refractivity contribution < 1.29 is 18.4 Å². The third-order valence-corrected chi connectivity index (χ3v) is 12.8. The van der Waals surface area contributed by atoms with E-state index in [4.69, 9.17) is 42.0 Å². The summed E-state index contributed by atoms with van der Waals surface area (Å²) >= 11 is 13.2. The molecule has 0 aliphatic carbocycles. The van der Waals surface area contributed by atoms with E-state index in [1.165, 1.54) is 0 Å². The summed E-state index contributed by atoms with van der Waals surface area (Å²) in [6.45, 7) is -2.49. The van der Waals surface area contributed by atoms with E-state index in [0.29, 0.717) is 12.6 Å². The van der Waals surface area contributed by atoms with Crippen LogP contribution in [0.4, 0.5) is 0 Å². The van der Waals surface area contributed by atoms with Gasteiger partial charge in [0.05, 0.1) is 24.6 Å². The first-order valence-electron chi connectivity index (χ1n) is 8.17. The molecular formula is C17H21NO4P2S3. The highest BCUT2D eigenvalue weighted by Crippen LogP contribution is 2.63. The summed E-state index contributed by atoms with van der Waals surface area (Å²) in [7, 11) is 4.86. The minimum Gasteiger partial charge on any atom is -0.497 e. The summed E-state index contributed by atoms with van der Waals surface area (Å²) < 4.78 is 22.3. The van der Waals surface area contributed by atoms with Crippen LogP contribution in [0.2, 0.25) is 0 Å². The van der Waals surface area contributed by atoms with Gasteiger partial charge in [-0.05, 0) is 59.3 Å². The Morgan fingerprint density at radius 2 is 1.93 bits per heavy atom. The van der Waals surface area contributed by atoms with Crippen LogP contribution in [-0.4, -0.2) is 33.2 Å². The highest BCUT2D eigenvalue weighted by Gasteiger charge is 2.37. The van der Waals surface area contributed by atoms with E-state index in [-0.39, 0.29) is 5.66 Å². The molecule has 1 aliphatic rings. The minimum absolute atomic E-state index is 0.0673. The quantitative estimate of drug-likeness (QED) is 0.522. The van der Waals surface area contributed by atoms with Gasteiger partial charge in [0.2, 0.25) is 0 Å². The number of rotatable bonds is 8. The standard InChI is InChI=1S/C17H21NO4P2S3/c1-19-14-6-8-15(9-7-14)23(25)12-13(18-22-23)11-16(17-5-4-10-27-17)24(26,20-2)21-3/h4-10,16H,11-12H2,1-3H3. The molecule has 0 spiro atoms. The highest BCUT2D eigenvalue weighted by atomic mass is 32.5.